The highest BCUT2D eigenvalue weighted by Crippen LogP contribution is 2.49. The molecule has 3 aliphatic heterocycles. The summed E-state index contributed by atoms with van der Waals surface area (Å²) in [5.41, 5.74) is -0.611. The zero-order valence-electron chi connectivity index (χ0n) is 30.3. The highest BCUT2D eigenvalue weighted by molar-refractivity contribution is 6.01. The number of hydrogen-bond acceptors (Lipinski definition) is 10. The number of nitrogens with zero attached hydrogens (tertiary/aromatic N) is 5. The molecule has 0 bridgehead atoms. The molecule has 5 heterocycles. The van der Waals surface area contributed by atoms with Gasteiger partial charge in [0.15, 0.2) is 5.82 Å². The lowest BCUT2D eigenvalue weighted by atomic mass is 9.74. The van der Waals surface area contributed by atoms with Crippen molar-refractivity contribution >= 4 is 27.5 Å². The molecule has 4 aromatic rings. The lowest BCUT2D eigenvalue weighted by Crippen LogP contribution is -2.57. The fourth-order valence-electron chi connectivity index (χ4n) is 9.59. The molecule has 0 radical (unpaired) electrons. The van der Waals surface area contributed by atoms with Gasteiger partial charge in [0, 0.05) is 42.4 Å². The van der Waals surface area contributed by atoms with Crippen LogP contribution in [-0.4, -0.2) is 99.9 Å². The second kappa shape index (κ2) is 13.9. The van der Waals surface area contributed by atoms with Gasteiger partial charge in [0.25, 0.3) is 0 Å². The number of fused-ring (bicyclic) bond motifs is 3. The molecule has 52 heavy (non-hydrogen) atoms. The quantitative estimate of drug-likeness (QED) is 0.218. The van der Waals surface area contributed by atoms with Crippen LogP contribution in [0, 0.1) is 17.0 Å². The number of anilines is 1. The maximum atomic E-state index is 17.1. The zero-order chi connectivity index (χ0) is 36.2. The Kier molecular flexibility index (Phi) is 9.46. The molecule has 5 atom stereocenters. The van der Waals surface area contributed by atoms with Crippen LogP contribution in [0.2, 0.25) is 0 Å². The van der Waals surface area contributed by atoms with Gasteiger partial charge in [-0.1, -0.05) is 19.4 Å². The smallest absolute Gasteiger partial charge is 0.319 e. The molecule has 278 valence electrons. The van der Waals surface area contributed by atoms with Gasteiger partial charge in [-0.2, -0.15) is 9.97 Å². The van der Waals surface area contributed by atoms with E-state index in [1.807, 2.05) is 11.8 Å². The van der Waals surface area contributed by atoms with Gasteiger partial charge in [-0.15, -0.1) is 0 Å². The van der Waals surface area contributed by atoms with E-state index in [1.165, 1.54) is 18.3 Å². The lowest BCUT2D eigenvalue weighted by Gasteiger charge is -2.50. The number of phenolic OH excluding ortho intramolecular Hbond substituents is 1. The van der Waals surface area contributed by atoms with Crippen LogP contribution in [0.4, 0.5) is 14.6 Å². The Hall–Kier alpha value is -3.71. The topological polar surface area (TPSA) is 113 Å². The number of aliphatic hydroxyl groups is 1. The first-order chi connectivity index (χ1) is 25.1. The molecule has 1 unspecified atom stereocenters. The van der Waals surface area contributed by atoms with Crippen molar-refractivity contribution in [3.05, 3.63) is 47.7 Å². The number of halogens is 2. The van der Waals surface area contributed by atoms with Gasteiger partial charge < -0.3 is 29.3 Å². The number of aryl methyl sites for hydroxylation is 1. The van der Waals surface area contributed by atoms with Gasteiger partial charge in [0.2, 0.25) is 0 Å². The highest BCUT2D eigenvalue weighted by atomic mass is 19.1. The Morgan fingerprint density at radius 2 is 1.92 bits per heavy atom. The third-order valence-corrected chi connectivity index (χ3v) is 11.9. The summed E-state index contributed by atoms with van der Waals surface area (Å²) in [7, 11) is 0. The van der Waals surface area contributed by atoms with E-state index in [2.05, 4.69) is 16.8 Å². The van der Waals surface area contributed by atoms with E-state index in [0.29, 0.717) is 65.8 Å². The number of pyridine rings is 1. The minimum absolute atomic E-state index is 0.00249. The number of benzene rings is 2. The summed E-state index contributed by atoms with van der Waals surface area (Å²) in [6.45, 7) is 9.08. The molecular weight excluding hydrogens is 668 g/mol. The summed E-state index contributed by atoms with van der Waals surface area (Å²) >= 11 is 0. The van der Waals surface area contributed by atoms with Crippen LogP contribution >= 0.6 is 0 Å². The maximum absolute atomic E-state index is 17.1. The average Bonchev–Trinajstić information content (AvgIpc) is 3.47. The summed E-state index contributed by atoms with van der Waals surface area (Å²) in [6, 6.07) is 6.84. The number of piperidine rings is 1. The van der Waals surface area contributed by atoms with Crippen LogP contribution < -0.4 is 9.64 Å². The number of likely N-dealkylation sites (tertiary alicyclic amines) is 1. The fraction of sp³-hybridized carbons (Fsp3) is 0.575. The van der Waals surface area contributed by atoms with Gasteiger partial charge >= 0.3 is 6.01 Å². The minimum Gasteiger partial charge on any atom is -0.508 e. The largest absolute Gasteiger partial charge is 0.508 e. The van der Waals surface area contributed by atoms with E-state index in [9.17, 15) is 10.2 Å². The van der Waals surface area contributed by atoms with Gasteiger partial charge in [0.05, 0.1) is 37.9 Å². The first kappa shape index (κ1) is 35.3. The summed E-state index contributed by atoms with van der Waals surface area (Å²) in [5.74, 6) is -0.821. The van der Waals surface area contributed by atoms with E-state index in [4.69, 9.17) is 24.2 Å². The first-order valence-corrected chi connectivity index (χ1v) is 18.9. The van der Waals surface area contributed by atoms with Gasteiger partial charge in [0.1, 0.15) is 34.2 Å². The second-order valence-corrected chi connectivity index (χ2v) is 15.7. The van der Waals surface area contributed by atoms with E-state index >= 15 is 8.78 Å². The molecule has 2 aromatic carbocycles. The summed E-state index contributed by atoms with van der Waals surface area (Å²) < 4.78 is 50.4. The molecule has 10 nitrogen and oxygen atoms in total. The molecule has 1 saturated carbocycles. The Morgan fingerprint density at radius 1 is 1.08 bits per heavy atom. The van der Waals surface area contributed by atoms with Crippen molar-refractivity contribution < 1.29 is 33.2 Å². The van der Waals surface area contributed by atoms with Crippen molar-refractivity contribution in [2.24, 2.45) is 5.41 Å². The minimum atomic E-state index is -1.18. The van der Waals surface area contributed by atoms with Crippen molar-refractivity contribution in [2.75, 3.05) is 51.0 Å². The molecule has 2 N–H and O–H groups in total. The molecular formula is C40H49F2N5O5. The number of hydrogen-bond donors (Lipinski definition) is 2. The fourth-order valence-corrected chi connectivity index (χ4v) is 9.59. The Balaban J connectivity index is 1.21. The summed E-state index contributed by atoms with van der Waals surface area (Å²) in [5, 5.41) is 23.2. The van der Waals surface area contributed by atoms with Crippen molar-refractivity contribution in [3.63, 3.8) is 0 Å². The van der Waals surface area contributed by atoms with Crippen molar-refractivity contribution in [2.45, 2.75) is 95.9 Å². The van der Waals surface area contributed by atoms with Crippen LogP contribution in [0.3, 0.4) is 0 Å². The number of aromatic hydroxyl groups is 1. The molecule has 1 aliphatic carbocycles. The predicted octanol–water partition coefficient (Wildman–Crippen LogP) is 6.56. The first-order valence-electron chi connectivity index (χ1n) is 18.9. The molecule has 2 aromatic heterocycles. The van der Waals surface area contributed by atoms with Crippen molar-refractivity contribution in [1.82, 2.24) is 19.9 Å². The van der Waals surface area contributed by atoms with Crippen LogP contribution in [-0.2, 0) is 15.9 Å². The zero-order valence-corrected chi connectivity index (χ0v) is 30.3. The molecule has 4 aliphatic rings. The van der Waals surface area contributed by atoms with Gasteiger partial charge in [-0.05, 0) is 99.9 Å². The Morgan fingerprint density at radius 3 is 2.75 bits per heavy atom. The summed E-state index contributed by atoms with van der Waals surface area (Å²) in [4.78, 5) is 18.8. The van der Waals surface area contributed by atoms with E-state index in [0.717, 1.165) is 58.1 Å². The normalized spacial score (nSPS) is 28.7. The number of ether oxygens (including phenoxy) is 3. The lowest BCUT2D eigenvalue weighted by molar-refractivity contribution is -0.0701. The van der Waals surface area contributed by atoms with Crippen LogP contribution in [0.5, 0.6) is 11.8 Å². The number of aromatic nitrogens is 3. The van der Waals surface area contributed by atoms with Gasteiger partial charge in [-0.25, -0.2) is 8.78 Å². The molecule has 8 rings (SSSR count). The molecule has 0 spiro atoms. The standard InChI is InChI=1S/C40H49F2N5O5/c1-4-28-31(41)9-8-25-18-27(48)19-29(33(25)28)35-34(42)36-30(20-43-35)37(46-14-16-50-22-39(3,49)21-46)45-38(44-36)52-23-40-11-5-7-32(40)47(13-6-12-40)26-10-15-51-24(2)17-26/h8-9,18-20,24,26,32,48-49H,4-7,10-17,21-23H2,1-3H3/t24-,26?,32+,39-,40+/m0/s1. The predicted molar refractivity (Wildman–Crippen MR) is 195 cm³/mol. The van der Waals surface area contributed by atoms with Crippen LogP contribution in [0.25, 0.3) is 32.9 Å². The Labute approximate surface area is 303 Å². The number of rotatable bonds is 7. The Bertz CT molecular complexity index is 1980. The van der Waals surface area contributed by atoms with E-state index < -0.39 is 17.2 Å². The highest BCUT2D eigenvalue weighted by Gasteiger charge is 2.50. The summed E-state index contributed by atoms with van der Waals surface area (Å²) in [6.07, 6.45) is 9.62. The van der Waals surface area contributed by atoms with Crippen LogP contribution in [0.15, 0.2) is 30.5 Å². The molecule has 0 amide bonds. The van der Waals surface area contributed by atoms with Gasteiger partial charge in [-0.3, -0.25) is 9.88 Å². The molecule has 3 saturated heterocycles. The maximum Gasteiger partial charge on any atom is 0.319 e. The van der Waals surface area contributed by atoms with E-state index in [1.54, 1.807) is 19.1 Å². The second-order valence-electron chi connectivity index (χ2n) is 15.7. The number of β-amino-alcohol motifs (C(OH)–C–C–N with tert-alkyl or cyclic N) is 1. The average molecular weight is 718 g/mol. The van der Waals surface area contributed by atoms with E-state index in [-0.39, 0.29) is 53.2 Å². The monoisotopic (exact) mass is 717 g/mol. The third-order valence-electron chi connectivity index (χ3n) is 11.9. The van der Waals surface area contributed by atoms with Crippen molar-refractivity contribution in [3.8, 4) is 23.0 Å². The molecule has 12 heteroatoms. The number of phenols is 1. The van der Waals surface area contributed by atoms with Crippen LogP contribution in [0.1, 0.15) is 71.3 Å². The SMILES string of the molecule is CCc1c(F)ccc2cc(O)cc(-c3ncc4c(N5CCOC[C@@](C)(O)C5)nc(OC[C@]56CCC[C@H]5N(C5CCO[C@@H](C)C5)CCC6)nc4c3F)c12. The molecule has 4 fully saturated rings. The van der Waals surface area contributed by atoms with Crippen molar-refractivity contribution in [1.29, 1.82) is 0 Å². The third kappa shape index (κ3) is 6.45.